The van der Waals surface area contributed by atoms with E-state index in [4.69, 9.17) is 9.47 Å². The fourth-order valence-corrected chi connectivity index (χ4v) is 2.96. The van der Waals surface area contributed by atoms with Crippen molar-refractivity contribution in [1.82, 2.24) is 5.43 Å². The van der Waals surface area contributed by atoms with E-state index in [0.717, 1.165) is 21.3 Å². The smallest absolute Gasteiger partial charge is 0.336 e. The number of hydrogen-bond acceptors (Lipinski definition) is 5. The molecule has 0 aliphatic rings. The van der Waals surface area contributed by atoms with Gasteiger partial charge in [0.2, 0.25) is 5.91 Å². The number of nitrogens with one attached hydrogen (secondary N) is 1. The summed E-state index contributed by atoms with van der Waals surface area (Å²) in [5.74, 6) is 0.389. The molecule has 0 radical (unpaired) electrons. The van der Waals surface area contributed by atoms with Gasteiger partial charge in [-0.05, 0) is 59.2 Å². The minimum Gasteiger partial charge on any atom is -0.497 e. The fourth-order valence-electron chi connectivity index (χ4n) is 2.69. The van der Waals surface area contributed by atoms with E-state index in [2.05, 4.69) is 26.5 Å². The van der Waals surface area contributed by atoms with Crippen LogP contribution in [0.3, 0.4) is 0 Å². The number of hydrazone groups is 1. The minimum absolute atomic E-state index is 0.225. The summed E-state index contributed by atoms with van der Waals surface area (Å²) in [6, 6.07) is 21.6. The van der Waals surface area contributed by atoms with Crippen LogP contribution < -0.4 is 14.9 Å². The van der Waals surface area contributed by atoms with Crippen LogP contribution in [0.4, 0.5) is 0 Å². The largest absolute Gasteiger partial charge is 0.497 e. The lowest BCUT2D eigenvalue weighted by molar-refractivity contribution is -0.129. The van der Waals surface area contributed by atoms with E-state index >= 15 is 0 Å². The maximum absolute atomic E-state index is 12.1. The molecule has 7 heteroatoms. The van der Waals surface area contributed by atoms with Gasteiger partial charge in [-0.15, -0.1) is 0 Å². The highest BCUT2D eigenvalue weighted by Crippen LogP contribution is 2.15. The Morgan fingerprint density at radius 3 is 2.44 bits per heavy atom. The Morgan fingerprint density at radius 2 is 1.72 bits per heavy atom. The first-order chi connectivity index (χ1) is 15.5. The van der Waals surface area contributed by atoms with Crippen LogP contribution in [0.1, 0.15) is 16.7 Å². The third kappa shape index (κ3) is 7.52. The lowest BCUT2D eigenvalue weighted by Crippen LogP contribution is -2.19. The number of ether oxygens (including phenoxy) is 2. The number of hydrogen-bond donors (Lipinski definition) is 1. The minimum atomic E-state index is -0.502. The van der Waals surface area contributed by atoms with Gasteiger partial charge in [0, 0.05) is 10.5 Å². The van der Waals surface area contributed by atoms with Gasteiger partial charge in [0.1, 0.15) is 11.5 Å². The number of carbonyl (C=O) groups is 2. The maximum atomic E-state index is 12.1. The number of halogens is 1. The van der Waals surface area contributed by atoms with Crippen molar-refractivity contribution in [3.8, 4) is 11.5 Å². The molecule has 0 saturated heterocycles. The first-order valence-electron chi connectivity index (χ1n) is 9.72. The van der Waals surface area contributed by atoms with Crippen molar-refractivity contribution in [3.05, 3.63) is 100 Å². The van der Waals surface area contributed by atoms with Crippen LogP contribution in [-0.4, -0.2) is 25.2 Å². The molecule has 6 nitrogen and oxygen atoms in total. The van der Waals surface area contributed by atoms with Crippen LogP contribution in [0, 0.1) is 0 Å². The zero-order valence-electron chi connectivity index (χ0n) is 17.3. The molecule has 32 heavy (non-hydrogen) atoms. The Labute approximate surface area is 194 Å². The predicted molar refractivity (Wildman–Crippen MR) is 128 cm³/mol. The van der Waals surface area contributed by atoms with Crippen molar-refractivity contribution in [2.75, 3.05) is 7.11 Å². The van der Waals surface area contributed by atoms with Gasteiger partial charge in [0.25, 0.3) is 0 Å². The first kappa shape index (κ1) is 23.0. The van der Waals surface area contributed by atoms with Crippen LogP contribution >= 0.6 is 15.9 Å². The summed E-state index contributed by atoms with van der Waals surface area (Å²) < 4.78 is 11.4. The van der Waals surface area contributed by atoms with E-state index in [-0.39, 0.29) is 12.3 Å². The van der Waals surface area contributed by atoms with Crippen molar-refractivity contribution in [2.24, 2.45) is 5.10 Å². The predicted octanol–water partition coefficient (Wildman–Crippen LogP) is 4.77. The number of rotatable bonds is 8. The second kappa shape index (κ2) is 11.6. The number of carbonyl (C=O) groups excluding carboxylic acids is 2. The third-order valence-corrected chi connectivity index (χ3v) is 4.81. The van der Waals surface area contributed by atoms with Gasteiger partial charge in [-0.2, -0.15) is 5.10 Å². The third-order valence-electron chi connectivity index (χ3n) is 4.29. The van der Waals surface area contributed by atoms with E-state index in [1.807, 2.05) is 48.5 Å². The van der Waals surface area contributed by atoms with E-state index in [1.165, 1.54) is 12.3 Å². The zero-order chi connectivity index (χ0) is 22.8. The van der Waals surface area contributed by atoms with Gasteiger partial charge in [-0.25, -0.2) is 10.2 Å². The van der Waals surface area contributed by atoms with E-state index in [1.54, 1.807) is 37.5 Å². The van der Waals surface area contributed by atoms with Gasteiger partial charge in [-0.3, -0.25) is 4.79 Å². The molecule has 0 fully saturated rings. The van der Waals surface area contributed by atoms with Gasteiger partial charge < -0.3 is 9.47 Å². The summed E-state index contributed by atoms with van der Waals surface area (Å²) in [5, 5.41) is 3.97. The van der Waals surface area contributed by atoms with Gasteiger partial charge in [-0.1, -0.05) is 52.3 Å². The van der Waals surface area contributed by atoms with Crippen molar-refractivity contribution >= 4 is 40.1 Å². The maximum Gasteiger partial charge on any atom is 0.336 e. The number of amides is 1. The Hall–Kier alpha value is -3.71. The quantitative estimate of drug-likeness (QED) is 0.161. The van der Waals surface area contributed by atoms with Crippen LogP contribution in [0.15, 0.2) is 88.4 Å². The first-order valence-corrected chi connectivity index (χ1v) is 10.5. The lowest BCUT2D eigenvalue weighted by atomic mass is 10.1. The molecule has 0 spiro atoms. The molecular weight excluding hydrogens is 472 g/mol. The van der Waals surface area contributed by atoms with Gasteiger partial charge in [0.05, 0.1) is 19.7 Å². The van der Waals surface area contributed by atoms with Crippen LogP contribution in [-0.2, 0) is 16.0 Å². The van der Waals surface area contributed by atoms with Crippen molar-refractivity contribution in [1.29, 1.82) is 0 Å². The summed E-state index contributed by atoms with van der Waals surface area (Å²) in [7, 11) is 1.60. The van der Waals surface area contributed by atoms with Crippen molar-refractivity contribution in [2.45, 2.75) is 6.42 Å². The second-order valence-corrected chi connectivity index (χ2v) is 7.61. The SMILES string of the molecule is COc1ccc(/C=C/C(=O)Oc2cccc(C=NNC(=O)Cc3ccc(Br)cc3)c2)cc1. The summed E-state index contributed by atoms with van der Waals surface area (Å²) in [5.41, 5.74) is 4.91. The van der Waals surface area contributed by atoms with Crippen molar-refractivity contribution < 1.29 is 19.1 Å². The van der Waals surface area contributed by atoms with E-state index < -0.39 is 5.97 Å². The molecule has 1 N–H and O–H groups in total. The standard InChI is InChI=1S/C25H21BrN2O4/c1-31-22-12-7-18(8-13-22)9-14-25(30)32-23-4-2-3-20(15-23)17-27-28-24(29)16-19-5-10-21(26)11-6-19/h2-15,17H,16H2,1H3,(H,28,29)/b14-9+,27-17?. The van der Waals surface area contributed by atoms with Crippen molar-refractivity contribution in [3.63, 3.8) is 0 Å². The number of esters is 1. The normalized spacial score (nSPS) is 10.9. The average Bonchev–Trinajstić information content (AvgIpc) is 2.80. The molecule has 0 aromatic heterocycles. The highest BCUT2D eigenvalue weighted by atomic mass is 79.9. The molecule has 3 aromatic carbocycles. The number of benzene rings is 3. The Kier molecular flexibility index (Phi) is 8.34. The highest BCUT2D eigenvalue weighted by molar-refractivity contribution is 9.10. The summed E-state index contributed by atoms with van der Waals surface area (Å²) >= 11 is 3.36. The molecule has 0 saturated carbocycles. The van der Waals surface area contributed by atoms with Crippen LogP contribution in [0.5, 0.6) is 11.5 Å². The monoisotopic (exact) mass is 492 g/mol. The molecule has 0 atom stereocenters. The molecular formula is C25H21BrN2O4. The second-order valence-electron chi connectivity index (χ2n) is 6.70. The molecule has 3 rings (SSSR count). The molecule has 0 aliphatic carbocycles. The summed E-state index contributed by atoms with van der Waals surface area (Å²) in [4.78, 5) is 24.1. The average molecular weight is 493 g/mol. The molecule has 162 valence electrons. The number of nitrogens with zero attached hydrogens (tertiary/aromatic N) is 1. The molecule has 0 bridgehead atoms. The van der Waals surface area contributed by atoms with Crippen LogP contribution in [0.25, 0.3) is 6.08 Å². The molecule has 3 aromatic rings. The summed E-state index contributed by atoms with van der Waals surface area (Å²) in [6.45, 7) is 0. The fraction of sp³-hybridized carbons (Fsp3) is 0.0800. The zero-order valence-corrected chi connectivity index (χ0v) is 18.9. The van der Waals surface area contributed by atoms with E-state index in [9.17, 15) is 9.59 Å². The Balaban J connectivity index is 1.51. The summed E-state index contributed by atoms with van der Waals surface area (Å²) in [6.07, 6.45) is 4.73. The van der Waals surface area contributed by atoms with Crippen LogP contribution in [0.2, 0.25) is 0 Å². The topological polar surface area (TPSA) is 77.0 Å². The highest BCUT2D eigenvalue weighted by Gasteiger charge is 2.03. The Bertz CT molecular complexity index is 1120. The number of methoxy groups -OCH3 is 1. The molecule has 1 amide bonds. The van der Waals surface area contributed by atoms with Gasteiger partial charge in [0.15, 0.2) is 0 Å². The van der Waals surface area contributed by atoms with E-state index in [0.29, 0.717) is 11.3 Å². The lowest BCUT2D eigenvalue weighted by Gasteiger charge is -2.03. The molecule has 0 unspecified atom stereocenters. The van der Waals surface area contributed by atoms with Gasteiger partial charge >= 0.3 is 5.97 Å². The molecule has 0 aliphatic heterocycles. The molecule has 0 heterocycles. The Morgan fingerprint density at radius 1 is 0.969 bits per heavy atom.